The summed E-state index contributed by atoms with van der Waals surface area (Å²) in [7, 11) is 0. The van der Waals surface area contributed by atoms with Crippen molar-refractivity contribution < 1.29 is 44.5 Å². The van der Waals surface area contributed by atoms with Crippen molar-refractivity contribution in [2.45, 2.75) is 100 Å². The van der Waals surface area contributed by atoms with Gasteiger partial charge in [0.15, 0.2) is 0 Å². The molecular weight excluding hydrogens is 654 g/mol. The van der Waals surface area contributed by atoms with Gasteiger partial charge in [0.1, 0.15) is 35.9 Å². The number of hydrogen-bond donors (Lipinski definition) is 7. The van der Waals surface area contributed by atoms with Gasteiger partial charge < -0.3 is 50.8 Å². The molecule has 266 valence electrons. The summed E-state index contributed by atoms with van der Waals surface area (Å²) in [6, 6.07) is 13.7. The molecule has 1 heterocycles. The number of urea groups is 1. The summed E-state index contributed by atoms with van der Waals surface area (Å²) in [5.74, 6) is 1.51. The number of aromatic nitrogens is 1. The monoisotopic (exact) mass is 699 g/mol. The average Bonchev–Trinajstić information content (AvgIpc) is 4.05. The summed E-state index contributed by atoms with van der Waals surface area (Å²) in [6.07, 6.45) is 3.04. The van der Waals surface area contributed by atoms with E-state index in [1.165, 1.54) is 0 Å². The predicted octanol–water partition coefficient (Wildman–Crippen LogP) is 3.56. The normalized spacial score (nSPS) is 18.2. The fourth-order valence-corrected chi connectivity index (χ4v) is 6.01. The van der Waals surface area contributed by atoms with Crippen molar-refractivity contribution in [2.75, 3.05) is 13.2 Å². The van der Waals surface area contributed by atoms with Gasteiger partial charge in [-0.2, -0.15) is 0 Å². The fraction of sp³-hybridized carbons (Fsp3) is 0.500. The van der Waals surface area contributed by atoms with Crippen LogP contribution in [0.4, 0.5) is 4.79 Å². The van der Waals surface area contributed by atoms with E-state index in [1.54, 1.807) is 18.3 Å². The van der Waals surface area contributed by atoms with Crippen LogP contribution in [-0.4, -0.2) is 86.3 Å². The fourth-order valence-electron chi connectivity index (χ4n) is 5.84. The Labute approximate surface area is 290 Å². The first-order chi connectivity index (χ1) is 23.6. The molecule has 2 aliphatic carbocycles. The molecule has 1 aromatic heterocycles. The zero-order valence-electron chi connectivity index (χ0n) is 27.3. The van der Waals surface area contributed by atoms with Crippen molar-refractivity contribution in [3.8, 4) is 22.6 Å². The van der Waals surface area contributed by atoms with E-state index in [9.17, 15) is 25.2 Å². The number of halogens is 1. The number of nitrogens with zero attached hydrogens (tertiary/aromatic N) is 1. The van der Waals surface area contributed by atoms with Crippen LogP contribution in [0.2, 0.25) is 5.02 Å². The quantitative estimate of drug-likeness (QED) is 0.0857. The third-order valence-electron chi connectivity index (χ3n) is 8.98. The van der Waals surface area contributed by atoms with E-state index in [0.29, 0.717) is 36.6 Å². The maximum atomic E-state index is 11.5. The zero-order valence-corrected chi connectivity index (χ0v) is 28.0. The first-order valence-electron chi connectivity index (χ1n) is 16.8. The van der Waals surface area contributed by atoms with Gasteiger partial charge in [0.2, 0.25) is 0 Å². The highest BCUT2D eigenvalue weighted by atomic mass is 35.5. The molecule has 5 atom stereocenters. The number of nitrogens with two attached hydrogens (primary N) is 1. The van der Waals surface area contributed by atoms with Crippen molar-refractivity contribution >= 4 is 17.6 Å². The van der Waals surface area contributed by atoms with Crippen LogP contribution in [0.15, 0.2) is 60.9 Å². The Balaban J connectivity index is 1.13. The number of primary amides is 1. The average molecular weight is 700 g/mol. The van der Waals surface area contributed by atoms with Crippen LogP contribution in [0.5, 0.6) is 11.5 Å². The van der Waals surface area contributed by atoms with Gasteiger partial charge >= 0.3 is 6.03 Å². The van der Waals surface area contributed by atoms with Gasteiger partial charge in [0.05, 0.1) is 37.6 Å². The Hall–Kier alpha value is -3.49. The van der Waals surface area contributed by atoms with Crippen LogP contribution in [0, 0.1) is 0 Å². The molecule has 0 spiro atoms. The minimum absolute atomic E-state index is 0.241. The summed E-state index contributed by atoms with van der Waals surface area (Å²) < 4.78 is 18.8. The number of pyridine rings is 1. The van der Waals surface area contributed by atoms with E-state index in [0.717, 1.165) is 53.7 Å². The van der Waals surface area contributed by atoms with Gasteiger partial charge in [-0.1, -0.05) is 36.2 Å². The lowest BCUT2D eigenvalue weighted by molar-refractivity contribution is -0.121. The summed E-state index contributed by atoms with van der Waals surface area (Å²) in [5, 5.41) is 52.2. The van der Waals surface area contributed by atoms with Crippen molar-refractivity contribution in [3.63, 3.8) is 0 Å². The predicted molar refractivity (Wildman–Crippen MR) is 182 cm³/mol. The Kier molecular flexibility index (Phi) is 12.7. The molecule has 0 saturated heterocycles. The van der Waals surface area contributed by atoms with Crippen LogP contribution >= 0.6 is 11.6 Å². The van der Waals surface area contributed by atoms with E-state index in [-0.39, 0.29) is 19.1 Å². The molecule has 49 heavy (non-hydrogen) atoms. The number of para-hydroxylation sites is 1. The Morgan fingerprint density at radius 2 is 1.78 bits per heavy atom. The highest BCUT2D eigenvalue weighted by Gasteiger charge is 2.48. The highest BCUT2D eigenvalue weighted by Crippen LogP contribution is 2.53. The second-order valence-electron chi connectivity index (χ2n) is 12.8. The molecule has 1 unspecified atom stereocenters. The van der Waals surface area contributed by atoms with Crippen molar-refractivity contribution in [2.24, 2.45) is 5.73 Å². The molecule has 2 amide bonds. The van der Waals surface area contributed by atoms with Gasteiger partial charge in [-0.25, -0.2) is 4.79 Å². The van der Waals surface area contributed by atoms with E-state index >= 15 is 0 Å². The van der Waals surface area contributed by atoms with Crippen molar-refractivity contribution in [1.29, 1.82) is 0 Å². The molecule has 0 aliphatic heterocycles. The number of unbranched alkanes of at least 4 members (excludes halogenated alkanes) is 2. The molecule has 13 heteroatoms. The van der Waals surface area contributed by atoms with Crippen molar-refractivity contribution in [3.05, 3.63) is 77.1 Å². The molecule has 0 bridgehead atoms. The van der Waals surface area contributed by atoms with Gasteiger partial charge in [0.25, 0.3) is 0 Å². The standard InChI is InChI=1S/C36H46ClN3O9/c37-28-12-11-24(47-17-5-1-2-7-29(40-35(38)46)32(43)34(45)33(44)30(42)20-41)18-22(28)21-48-36(14-15-36)27-19-39-16-13-25(27)26-6-3-4-8-31(26)49-23-9-10-23/h3-4,6,8,11-13,16,18-19,23,29-30,32-34,41-45H,1-2,5,7,9-10,14-15,17,20-21H2,(H3,38,40,46)/t29?,30-,32+,33-,34-/m1/s1. The van der Waals surface area contributed by atoms with Gasteiger partial charge in [0, 0.05) is 34.1 Å². The Bertz CT molecular complexity index is 1540. The Morgan fingerprint density at radius 3 is 2.49 bits per heavy atom. The molecule has 8 N–H and O–H groups in total. The SMILES string of the molecule is NC(=O)NC(CCCCCOc1ccc(Cl)c(COC2(c3cnccc3-c3ccccc3OC3CC3)CC2)c1)[C@H](O)[C@@H](O)[C@H](O)[C@H](O)CO. The second kappa shape index (κ2) is 16.9. The zero-order chi connectivity index (χ0) is 35.0. The maximum absolute atomic E-state index is 11.5. The second-order valence-corrected chi connectivity index (χ2v) is 13.2. The number of hydrogen-bond acceptors (Lipinski definition) is 10. The minimum Gasteiger partial charge on any atom is -0.494 e. The number of rotatable bonds is 20. The summed E-state index contributed by atoms with van der Waals surface area (Å²) in [4.78, 5) is 15.9. The van der Waals surface area contributed by atoms with E-state index in [1.807, 2.05) is 36.5 Å². The molecule has 0 radical (unpaired) electrons. The summed E-state index contributed by atoms with van der Waals surface area (Å²) in [6.45, 7) is -0.120. The van der Waals surface area contributed by atoms with Crippen LogP contribution in [0.3, 0.4) is 0 Å². The van der Waals surface area contributed by atoms with Crippen LogP contribution in [-0.2, 0) is 16.9 Å². The molecular formula is C36H46ClN3O9. The lowest BCUT2D eigenvalue weighted by atomic mass is 9.94. The van der Waals surface area contributed by atoms with E-state index in [2.05, 4.69) is 16.4 Å². The van der Waals surface area contributed by atoms with Gasteiger partial charge in [-0.15, -0.1) is 0 Å². The largest absolute Gasteiger partial charge is 0.494 e. The van der Waals surface area contributed by atoms with Crippen LogP contribution < -0.4 is 20.5 Å². The van der Waals surface area contributed by atoms with Gasteiger partial charge in [-0.3, -0.25) is 4.98 Å². The highest BCUT2D eigenvalue weighted by molar-refractivity contribution is 6.31. The summed E-state index contributed by atoms with van der Waals surface area (Å²) in [5.41, 5.74) is 8.65. The molecule has 5 rings (SSSR count). The smallest absolute Gasteiger partial charge is 0.312 e. The lowest BCUT2D eigenvalue weighted by Crippen LogP contribution is -2.55. The first kappa shape index (κ1) is 36.8. The molecule has 2 fully saturated rings. The Morgan fingerprint density at radius 1 is 1.00 bits per heavy atom. The number of nitrogens with one attached hydrogen (secondary N) is 1. The molecule has 2 aromatic carbocycles. The lowest BCUT2D eigenvalue weighted by Gasteiger charge is -2.31. The number of benzene rings is 2. The van der Waals surface area contributed by atoms with Gasteiger partial charge in [-0.05, 0) is 80.8 Å². The topological polar surface area (TPSA) is 197 Å². The number of aliphatic hydroxyl groups excluding tert-OH is 5. The first-order valence-corrected chi connectivity index (χ1v) is 17.1. The molecule has 12 nitrogen and oxygen atoms in total. The number of carbonyl (C=O) groups is 1. The summed E-state index contributed by atoms with van der Waals surface area (Å²) >= 11 is 6.57. The molecule has 2 saturated carbocycles. The maximum Gasteiger partial charge on any atom is 0.312 e. The third kappa shape index (κ3) is 9.82. The van der Waals surface area contributed by atoms with E-state index < -0.39 is 48.7 Å². The van der Waals surface area contributed by atoms with E-state index in [4.69, 9.17) is 36.7 Å². The van der Waals surface area contributed by atoms with Crippen molar-refractivity contribution in [1.82, 2.24) is 10.3 Å². The third-order valence-corrected chi connectivity index (χ3v) is 9.35. The number of ether oxygens (including phenoxy) is 3. The molecule has 2 aliphatic rings. The van der Waals surface area contributed by atoms with Crippen LogP contribution in [0.1, 0.15) is 62.5 Å². The number of amides is 2. The number of aliphatic hydroxyl groups is 5. The number of carbonyl (C=O) groups excluding carboxylic acids is 1. The minimum atomic E-state index is -1.81. The van der Waals surface area contributed by atoms with Crippen LogP contribution in [0.25, 0.3) is 11.1 Å². The molecule has 3 aromatic rings.